The van der Waals surface area contributed by atoms with Gasteiger partial charge in [0.1, 0.15) is 0 Å². The zero-order valence-electron chi connectivity index (χ0n) is 12.3. The minimum atomic E-state index is 0. The van der Waals surface area contributed by atoms with Crippen LogP contribution in [0, 0.1) is 0 Å². The summed E-state index contributed by atoms with van der Waals surface area (Å²) in [6, 6.07) is 1.69. The predicted octanol–water partition coefficient (Wildman–Crippen LogP) is 1.86. The largest absolute Gasteiger partial charge is 0.343 e. The number of hydrogen-bond donors (Lipinski definition) is 1. The first-order valence-electron chi connectivity index (χ1n) is 7.20. The average Bonchev–Trinajstić information content (AvgIpc) is 3.05. The standard InChI is InChI=1S/C14H22N4O.2ClH/c1-17(13-8-11-2-3-12(9-13)16-11)14(19)4-6-18-7-5-15-10-18;;/h5,7,10-13,16H,2-4,6,8-9H2,1H3;2*1H. The molecule has 2 unspecified atom stereocenters. The fourth-order valence-corrected chi connectivity index (χ4v) is 3.37. The van der Waals surface area contributed by atoms with Crippen molar-refractivity contribution in [3.8, 4) is 0 Å². The summed E-state index contributed by atoms with van der Waals surface area (Å²) in [6.45, 7) is 0.723. The lowest BCUT2D eigenvalue weighted by Gasteiger charge is -2.35. The zero-order valence-corrected chi connectivity index (χ0v) is 13.9. The van der Waals surface area contributed by atoms with Gasteiger partial charge in [-0.25, -0.2) is 4.98 Å². The van der Waals surface area contributed by atoms with Crippen LogP contribution in [0.3, 0.4) is 0 Å². The van der Waals surface area contributed by atoms with Crippen LogP contribution in [0.5, 0.6) is 0 Å². The smallest absolute Gasteiger partial charge is 0.224 e. The number of carbonyl (C=O) groups excluding carboxylic acids is 1. The summed E-state index contributed by atoms with van der Waals surface area (Å²) in [4.78, 5) is 18.2. The first-order chi connectivity index (χ1) is 9.22. The highest BCUT2D eigenvalue weighted by atomic mass is 35.5. The van der Waals surface area contributed by atoms with Crippen LogP contribution in [-0.2, 0) is 11.3 Å². The molecule has 2 bridgehead atoms. The van der Waals surface area contributed by atoms with E-state index in [0.717, 1.165) is 19.4 Å². The van der Waals surface area contributed by atoms with Gasteiger partial charge in [0.05, 0.1) is 6.33 Å². The molecular formula is C14H24Cl2N4O. The Morgan fingerprint density at radius 3 is 2.57 bits per heavy atom. The van der Waals surface area contributed by atoms with Crippen molar-refractivity contribution in [3.05, 3.63) is 18.7 Å². The van der Waals surface area contributed by atoms with Crippen molar-refractivity contribution < 1.29 is 4.79 Å². The van der Waals surface area contributed by atoms with Gasteiger partial charge in [-0.3, -0.25) is 4.79 Å². The van der Waals surface area contributed by atoms with Gasteiger partial charge in [0.2, 0.25) is 5.91 Å². The molecule has 1 aromatic heterocycles. The maximum absolute atomic E-state index is 12.2. The SMILES string of the molecule is CN(C(=O)CCn1ccnc1)C1CC2CCC(C1)N2.Cl.Cl. The number of nitrogens with zero attached hydrogens (tertiary/aromatic N) is 3. The summed E-state index contributed by atoms with van der Waals surface area (Å²) >= 11 is 0. The monoisotopic (exact) mass is 334 g/mol. The van der Waals surface area contributed by atoms with Gasteiger partial charge >= 0.3 is 0 Å². The van der Waals surface area contributed by atoms with Gasteiger partial charge in [0, 0.05) is 50.5 Å². The summed E-state index contributed by atoms with van der Waals surface area (Å²) < 4.78 is 1.96. The molecule has 2 aliphatic rings. The van der Waals surface area contributed by atoms with E-state index in [1.165, 1.54) is 12.8 Å². The number of nitrogens with one attached hydrogen (secondary N) is 1. The third-order valence-corrected chi connectivity index (χ3v) is 4.53. The quantitative estimate of drug-likeness (QED) is 0.914. The molecule has 2 fully saturated rings. The van der Waals surface area contributed by atoms with Crippen LogP contribution in [0.25, 0.3) is 0 Å². The van der Waals surface area contributed by atoms with E-state index in [-0.39, 0.29) is 30.7 Å². The maximum atomic E-state index is 12.2. The van der Waals surface area contributed by atoms with Crippen LogP contribution in [0.1, 0.15) is 32.1 Å². The minimum absolute atomic E-state index is 0. The van der Waals surface area contributed by atoms with Gasteiger partial charge < -0.3 is 14.8 Å². The van der Waals surface area contributed by atoms with Crippen molar-refractivity contribution >= 4 is 30.7 Å². The summed E-state index contributed by atoms with van der Waals surface area (Å²) in [5.41, 5.74) is 0. The number of piperidine rings is 1. The van der Waals surface area contributed by atoms with Crippen molar-refractivity contribution in [1.29, 1.82) is 0 Å². The second kappa shape index (κ2) is 8.01. The number of halogens is 2. The van der Waals surface area contributed by atoms with Crippen molar-refractivity contribution in [3.63, 3.8) is 0 Å². The molecule has 120 valence electrons. The highest BCUT2D eigenvalue weighted by Gasteiger charge is 2.36. The molecule has 1 amide bonds. The van der Waals surface area contributed by atoms with Gasteiger partial charge in [-0.1, -0.05) is 0 Å². The Morgan fingerprint density at radius 2 is 2.00 bits per heavy atom. The molecule has 3 rings (SSSR count). The number of carbonyl (C=O) groups is 1. The number of rotatable bonds is 4. The second-order valence-electron chi connectivity index (χ2n) is 5.82. The van der Waals surface area contributed by atoms with Gasteiger partial charge in [-0.2, -0.15) is 0 Å². The molecule has 7 heteroatoms. The van der Waals surface area contributed by atoms with Gasteiger partial charge in [0.15, 0.2) is 0 Å². The van der Waals surface area contributed by atoms with Crippen LogP contribution in [0.4, 0.5) is 0 Å². The zero-order chi connectivity index (χ0) is 13.2. The van der Waals surface area contributed by atoms with E-state index in [1.54, 1.807) is 12.5 Å². The number of amides is 1. The van der Waals surface area contributed by atoms with Gasteiger partial charge in [-0.05, 0) is 25.7 Å². The molecule has 3 heterocycles. The van der Waals surface area contributed by atoms with Crippen LogP contribution in [-0.4, -0.2) is 45.5 Å². The third-order valence-electron chi connectivity index (χ3n) is 4.53. The van der Waals surface area contributed by atoms with E-state index in [0.29, 0.717) is 24.5 Å². The number of aromatic nitrogens is 2. The second-order valence-corrected chi connectivity index (χ2v) is 5.82. The number of hydrogen-bond acceptors (Lipinski definition) is 3. The van der Waals surface area contributed by atoms with E-state index in [4.69, 9.17) is 0 Å². The van der Waals surface area contributed by atoms with Crippen LogP contribution < -0.4 is 5.32 Å². The molecule has 2 aliphatic heterocycles. The third kappa shape index (κ3) is 4.34. The summed E-state index contributed by atoms with van der Waals surface area (Å²) in [5.74, 6) is 0.250. The van der Waals surface area contributed by atoms with Crippen molar-refractivity contribution in [1.82, 2.24) is 19.8 Å². The van der Waals surface area contributed by atoms with E-state index in [2.05, 4.69) is 10.3 Å². The lowest BCUT2D eigenvalue weighted by Crippen LogP contribution is -2.48. The Morgan fingerprint density at radius 1 is 1.33 bits per heavy atom. The molecule has 2 saturated heterocycles. The number of aryl methyl sites for hydroxylation is 1. The van der Waals surface area contributed by atoms with E-state index >= 15 is 0 Å². The molecule has 21 heavy (non-hydrogen) atoms. The van der Waals surface area contributed by atoms with Gasteiger partial charge in [0.25, 0.3) is 0 Å². The Hall–Kier alpha value is -0.780. The van der Waals surface area contributed by atoms with E-state index in [9.17, 15) is 4.79 Å². The molecule has 2 atom stereocenters. The van der Waals surface area contributed by atoms with E-state index < -0.39 is 0 Å². The fourth-order valence-electron chi connectivity index (χ4n) is 3.37. The first-order valence-corrected chi connectivity index (χ1v) is 7.20. The number of fused-ring (bicyclic) bond motifs is 2. The molecule has 0 saturated carbocycles. The van der Waals surface area contributed by atoms with Crippen LogP contribution in [0.2, 0.25) is 0 Å². The summed E-state index contributed by atoms with van der Waals surface area (Å²) in [7, 11) is 1.96. The lowest BCUT2D eigenvalue weighted by atomic mass is 9.98. The summed E-state index contributed by atoms with van der Waals surface area (Å²) in [6.07, 6.45) is 10.8. The molecule has 0 aliphatic carbocycles. The molecule has 0 aromatic carbocycles. The molecule has 1 N–H and O–H groups in total. The molecule has 5 nitrogen and oxygen atoms in total. The minimum Gasteiger partial charge on any atom is -0.343 e. The van der Waals surface area contributed by atoms with Crippen molar-refractivity contribution in [2.24, 2.45) is 0 Å². The molecule has 1 aromatic rings. The maximum Gasteiger partial charge on any atom is 0.224 e. The van der Waals surface area contributed by atoms with E-state index in [1.807, 2.05) is 22.7 Å². The average molecular weight is 335 g/mol. The number of imidazole rings is 1. The molecule has 0 spiro atoms. The van der Waals surface area contributed by atoms with Crippen molar-refractivity contribution in [2.75, 3.05) is 7.05 Å². The Labute approximate surface area is 138 Å². The highest BCUT2D eigenvalue weighted by molar-refractivity contribution is 5.85. The van der Waals surface area contributed by atoms with Crippen LogP contribution in [0.15, 0.2) is 18.7 Å². The fraction of sp³-hybridized carbons (Fsp3) is 0.714. The Kier molecular flexibility index (Phi) is 6.97. The summed E-state index contributed by atoms with van der Waals surface area (Å²) in [5, 5.41) is 3.62. The normalized spacial score (nSPS) is 26.6. The Balaban J connectivity index is 0.00000110. The van der Waals surface area contributed by atoms with Gasteiger partial charge in [-0.15, -0.1) is 24.8 Å². The highest BCUT2D eigenvalue weighted by Crippen LogP contribution is 2.29. The Bertz CT molecular complexity index is 428. The topological polar surface area (TPSA) is 50.2 Å². The van der Waals surface area contributed by atoms with Crippen LogP contribution >= 0.6 is 24.8 Å². The predicted molar refractivity (Wildman–Crippen MR) is 87.1 cm³/mol. The van der Waals surface area contributed by atoms with Crippen molar-refractivity contribution in [2.45, 2.75) is 56.8 Å². The molecule has 0 radical (unpaired) electrons. The molecular weight excluding hydrogens is 311 g/mol. The lowest BCUT2D eigenvalue weighted by molar-refractivity contribution is -0.132. The first kappa shape index (κ1) is 18.3.